The van der Waals surface area contributed by atoms with E-state index >= 15 is 0 Å². The van der Waals surface area contributed by atoms with E-state index < -0.39 is 23.8 Å². The molecular weight excluding hydrogens is 389 g/mol. The quantitative estimate of drug-likeness (QED) is 0.703. The van der Waals surface area contributed by atoms with Crippen LogP contribution in [0.1, 0.15) is 20.3 Å². The molecule has 1 atom stereocenters. The number of methoxy groups -OCH3 is 1. The fraction of sp³-hybridized carbons (Fsp3) is 0.318. The van der Waals surface area contributed by atoms with Crippen LogP contribution in [0.25, 0.3) is 0 Å². The van der Waals surface area contributed by atoms with Crippen molar-refractivity contribution < 1.29 is 23.5 Å². The number of imide groups is 1. The van der Waals surface area contributed by atoms with Crippen LogP contribution in [-0.4, -0.2) is 42.4 Å². The molecule has 1 heterocycles. The smallest absolute Gasteiger partial charge is 0.332 e. The van der Waals surface area contributed by atoms with E-state index in [4.69, 9.17) is 4.74 Å². The number of carbonyl (C=O) groups is 3. The summed E-state index contributed by atoms with van der Waals surface area (Å²) in [6, 6.07) is 10.5. The summed E-state index contributed by atoms with van der Waals surface area (Å²) in [7, 11) is 1.55. The summed E-state index contributed by atoms with van der Waals surface area (Å²) in [6.07, 6.45) is -0.180. The largest absolute Gasteiger partial charge is 0.497 e. The van der Waals surface area contributed by atoms with Crippen LogP contribution in [-0.2, 0) is 9.59 Å². The summed E-state index contributed by atoms with van der Waals surface area (Å²) >= 11 is 0. The predicted molar refractivity (Wildman–Crippen MR) is 111 cm³/mol. The zero-order valence-electron chi connectivity index (χ0n) is 17.1. The normalized spacial score (nSPS) is 16.4. The number of carbonyl (C=O) groups excluding carboxylic acids is 3. The highest BCUT2D eigenvalue weighted by Crippen LogP contribution is 2.28. The third kappa shape index (κ3) is 4.59. The van der Waals surface area contributed by atoms with Crippen LogP contribution in [0.15, 0.2) is 48.5 Å². The van der Waals surface area contributed by atoms with Crippen LogP contribution in [0.5, 0.6) is 5.75 Å². The van der Waals surface area contributed by atoms with E-state index in [1.807, 2.05) is 13.8 Å². The number of benzene rings is 2. The van der Waals surface area contributed by atoms with Gasteiger partial charge in [0.2, 0.25) is 5.91 Å². The third-order valence-electron chi connectivity index (χ3n) is 4.72. The molecule has 158 valence electrons. The van der Waals surface area contributed by atoms with Gasteiger partial charge >= 0.3 is 6.03 Å². The van der Waals surface area contributed by atoms with Crippen molar-refractivity contribution in [1.82, 2.24) is 4.90 Å². The molecule has 1 aliphatic rings. The number of nitrogens with one attached hydrogen (secondary N) is 1. The molecule has 1 N–H and O–H groups in total. The molecule has 8 heteroatoms. The number of halogens is 1. The first kappa shape index (κ1) is 21.3. The highest BCUT2D eigenvalue weighted by molar-refractivity contribution is 6.22. The molecule has 4 amide bonds. The van der Waals surface area contributed by atoms with Crippen molar-refractivity contribution in [2.45, 2.75) is 26.3 Å². The SMILES string of the molecule is COc1ccc(NC(=O)CC2C(=O)N(c3ccc(F)cc3)C(=O)N2CC(C)C)cc1. The zero-order chi connectivity index (χ0) is 21.8. The van der Waals surface area contributed by atoms with Crippen LogP contribution in [0.4, 0.5) is 20.6 Å². The minimum atomic E-state index is -0.928. The Morgan fingerprint density at radius 1 is 1.10 bits per heavy atom. The summed E-state index contributed by atoms with van der Waals surface area (Å²) in [6.45, 7) is 4.17. The number of ether oxygens (including phenoxy) is 1. The van der Waals surface area contributed by atoms with Crippen LogP contribution in [0.2, 0.25) is 0 Å². The molecule has 0 spiro atoms. The standard InChI is InChI=1S/C22H24FN3O4/c1-14(2)13-25-19(12-20(27)24-16-6-10-18(30-3)11-7-16)21(28)26(22(25)29)17-8-4-15(23)5-9-17/h4-11,14,19H,12-13H2,1-3H3,(H,24,27). The molecule has 1 aliphatic heterocycles. The Bertz CT molecular complexity index is 928. The number of rotatable bonds is 7. The van der Waals surface area contributed by atoms with E-state index in [-0.39, 0.29) is 23.9 Å². The van der Waals surface area contributed by atoms with E-state index in [1.54, 1.807) is 31.4 Å². The number of nitrogens with zero attached hydrogens (tertiary/aromatic N) is 2. The third-order valence-corrected chi connectivity index (χ3v) is 4.72. The van der Waals surface area contributed by atoms with Crippen molar-refractivity contribution in [3.8, 4) is 5.75 Å². The molecule has 1 fully saturated rings. The lowest BCUT2D eigenvalue weighted by atomic mass is 10.1. The predicted octanol–water partition coefficient (Wildman–Crippen LogP) is 3.66. The first-order valence-electron chi connectivity index (χ1n) is 9.64. The second kappa shape index (κ2) is 8.94. The van der Waals surface area contributed by atoms with Gasteiger partial charge in [0.05, 0.1) is 19.2 Å². The average Bonchev–Trinajstić information content (AvgIpc) is 2.93. The number of hydrogen-bond donors (Lipinski definition) is 1. The van der Waals surface area contributed by atoms with E-state index in [0.29, 0.717) is 18.0 Å². The van der Waals surface area contributed by atoms with Crippen LogP contribution >= 0.6 is 0 Å². The minimum Gasteiger partial charge on any atom is -0.497 e. The van der Waals surface area contributed by atoms with Gasteiger partial charge in [0.1, 0.15) is 17.6 Å². The Balaban J connectivity index is 1.79. The molecule has 1 unspecified atom stereocenters. The van der Waals surface area contributed by atoms with Gasteiger partial charge < -0.3 is 15.0 Å². The molecule has 7 nitrogen and oxygen atoms in total. The second-order valence-electron chi connectivity index (χ2n) is 7.48. The summed E-state index contributed by atoms with van der Waals surface area (Å²) in [4.78, 5) is 41.0. The number of hydrogen-bond acceptors (Lipinski definition) is 4. The Labute approximate surface area is 174 Å². The maximum Gasteiger partial charge on any atom is 0.332 e. The first-order valence-corrected chi connectivity index (χ1v) is 9.64. The van der Waals surface area contributed by atoms with Crippen molar-refractivity contribution in [2.24, 2.45) is 5.92 Å². The Kier molecular flexibility index (Phi) is 6.34. The average molecular weight is 413 g/mol. The molecule has 1 saturated heterocycles. The molecule has 0 radical (unpaired) electrons. The summed E-state index contributed by atoms with van der Waals surface area (Å²) < 4.78 is 18.3. The Morgan fingerprint density at radius 2 is 1.73 bits per heavy atom. The lowest BCUT2D eigenvalue weighted by molar-refractivity contribution is -0.124. The van der Waals surface area contributed by atoms with Gasteiger partial charge in [0, 0.05) is 12.2 Å². The monoisotopic (exact) mass is 413 g/mol. The summed E-state index contributed by atoms with van der Waals surface area (Å²) in [5, 5.41) is 2.74. The van der Waals surface area contributed by atoms with E-state index in [2.05, 4.69) is 5.32 Å². The topological polar surface area (TPSA) is 79.0 Å². The van der Waals surface area contributed by atoms with Crippen LogP contribution in [0.3, 0.4) is 0 Å². The van der Waals surface area contributed by atoms with Gasteiger partial charge in [0.25, 0.3) is 5.91 Å². The molecule has 30 heavy (non-hydrogen) atoms. The summed E-state index contributed by atoms with van der Waals surface area (Å²) in [5.41, 5.74) is 0.835. The number of urea groups is 1. The van der Waals surface area contributed by atoms with Gasteiger partial charge in [0.15, 0.2) is 0 Å². The maximum atomic E-state index is 13.3. The molecule has 0 aromatic heterocycles. The van der Waals surface area contributed by atoms with Gasteiger partial charge in [-0.25, -0.2) is 14.1 Å². The van der Waals surface area contributed by atoms with E-state index in [9.17, 15) is 18.8 Å². The minimum absolute atomic E-state index is 0.0991. The molecule has 0 saturated carbocycles. The molecule has 2 aromatic carbocycles. The van der Waals surface area contributed by atoms with E-state index in [0.717, 1.165) is 4.90 Å². The molecule has 3 rings (SSSR count). The highest BCUT2D eigenvalue weighted by Gasteiger charge is 2.46. The highest BCUT2D eigenvalue weighted by atomic mass is 19.1. The maximum absolute atomic E-state index is 13.3. The number of anilines is 2. The fourth-order valence-electron chi connectivity index (χ4n) is 3.32. The van der Waals surface area contributed by atoms with Crippen molar-refractivity contribution in [3.05, 3.63) is 54.3 Å². The lowest BCUT2D eigenvalue weighted by Crippen LogP contribution is -2.40. The summed E-state index contributed by atoms with van der Waals surface area (Å²) in [5.74, 6) is -0.602. The molecular formula is C22H24FN3O4. The van der Waals surface area contributed by atoms with Gasteiger partial charge in [-0.1, -0.05) is 13.8 Å². The van der Waals surface area contributed by atoms with Gasteiger partial charge in [-0.05, 0) is 54.4 Å². The first-order chi connectivity index (χ1) is 14.3. The Morgan fingerprint density at radius 3 is 2.30 bits per heavy atom. The van der Waals surface area contributed by atoms with Crippen LogP contribution < -0.4 is 15.0 Å². The van der Waals surface area contributed by atoms with Crippen molar-refractivity contribution >= 4 is 29.2 Å². The van der Waals surface area contributed by atoms with Gasteiger partial charge in [-0.2, -0.15) is 0 Å². The second-order valence-corrected chi connectivity index (χ2v) is 7.48. The fourth-order valence-corrected chi connectivity index (χ4v) is 3.32. The molecule has 0 bridgehead atoms. The molecule has 0 aliphatic carbocycles. The van der Waals surface area contributed by atoms with Gasteiger partial charge in [-0.15, -0.1) is 0 Å². The van der Waals surface area contributed by atoms with Crippen molar-refractivity contribution in [2.75, 3.05) is 23.9 Å². The van der Waals surface area contributed by atoms with Crippen LogP contribution in [0, 0.1) is 11.7 Å². The lowest BCUT2D eigenvalue weighted by Gasteiger charge is -2.23. The number of amides is 4. The van der Waals surface area contributed by atoms with E-state index in [1.165, 1.54) is 29.2 Å². The Hall–Kier alpha value is -3.42. The zero-order valence-corrected chi connectivity index (χ0v) is 17.1. The van der Waals surface area contributed by atoms with Crippen molar-refractivity contribution in [1.29, 1.82) is 0 Å². The molecule has 2 aromatic rings. The van der Waals surface area contributed by atoms with Crippen molar-refractivity contribution in [3.63, 3.8) is 0 Å². The van der Waals surface area contributed by atoms with Gasteiger partial charge in [-0.3, -0.25) is 9.59 Å².